The number of unbranched alkanes of at least 4 members (excludes halogenated alkanes) is 12. The summed E-state index contributed by atoms with van der Waals surface area (Å²) in [7, 11) is 0. The molecule has 3 atom stereocenters. The minimum Gasteiger partial charge on any atom is -0.497 e. The first-order valence-electron chi connectivity index (χ1n) is 15.9. The van der Waals surface area contributed by atoms with E-state index in [1.54, 1.807) is 13.8 Å². The molecule has 42 heavy (non-hydrogen) atoms. The van der Waals surface area contributed by atoms with Gasteiger partial charge in [-0.1, -0.05) is 84.0 Å². The number of aliphatic hydroxyl groups excluding tert-OH is 1. The van der Waals surface area contributed by atoms with Crippen molar-refractivity contribution in [2.45, 2.75) is 135 Å². The van der Waals surface area contributed by atoms with Crippen molar-refractivity contribution < 1.29 is 38.1 Å². The monoisotopic (exact) mass is 636 g/mol. The van der Waals surface area contributed by atoms with E-state index in [0.717, 1.165) is 12.8 Å². The van der Waals surface area contributed by atoms with Crippen LogP contribution in [0.15, 0.2) is 12.5 Å². The zero-order chi connectivity index (χ0) is 31.1. The quantitative estimate of drug-likeness (QED) is 0.0622. The Labute approximate surface area is 259 Å². The summed E-state index contributed by atoms with van der Waals surface area (Å²) in [5.74, 6) is -0.328. The van der Waals surface area contributed by atoms with Crippen molar-refractivity contribution in [3.63, 3.8) is 0 Å². The molecule has 0 aliphatic carbocycles. The molecule has 12 heteroatoms. The lowest BCUT2D eigenvalue weighted by atomic mass is 10.0. The van der Waals surface area contributed by atoms with Crippen LogP contribution >= 0.6 is 6.72 Å². The Morgan fingerprint density at radius 2 is 1.60 bits per heavy atom. The van der Waals surface area contributed by atoms with Crippen LogP contribution in [-0.2, 0) is 39.9 Å². The summed E-state index contributed by atoms with van der Waals surface area (Å²) in [6.07, 6.45) is 19.5. The first-order valence-corrected chi connectivity index (χ1v) is 18.5. The number of rotatable bonds is 26. The molecule has 1 rings (SSSR count). The second-order valence-electron chi connectivity index (χ2n) is 11.3. The van der Waals surface area contributed by atoms with Crippen molar-refractivity contribution in [3.05, 3.63) is 12.5 Å². The van der Waals surface area contributed by atoms with Crippen molar-refractivity contribution in [1.29, 1.82) is 0 Å². The van der Waals surface area contributed by atoms with Crippen molar-refractivity contribution >= 4 is 30.3 Å². The van der Waals surface area contributed by atoms with Crippen molar-refractivity contribution in [2.24, 2.45) is 0 Å². The third-order valence-electron chi connectivity index (χ3n) is 7.02. The summed E-state index contributed by atoms with van der Waals surface area (Å²) in [6.45, 7) is 2.50. The standard InChI is InChI=1S/C30H57N2O8PS/c1-4-5-6-7-8-9-10-11-12-13-14-15-16-17-29(34)31-18-19-37-20-21-38-25-30(35)32-23-28(22-27(32)24-33)40-41(36,42)39-26(2)3/h18-19,26-28,33H,4-17,20-25H2,1-3H3,(H,31,34)(H,36,42)/b19-18+. The highest BCUT2D eigenvalue weighted by molar-refractivity contribution is 8.07. The molecule has 1 aliphatic rings. The average molecular weight is 637 g/mol. The minimum atomic E-state index is -3.42. The van der Waals surface area contributed by atoms with E-state index >= 15 is 0 Å². The van der Waals surface area contributed by atoms with E-state index in [0.29, 0.717) is 12.8 Å². The maximum atomic E-state index is 12.6. The summed E-state index contributed by atoms with van der Waals surface area (Å²) in [4.78, 5) is 36.2. The molecule has 2 amide bonds. The molecule has 3 N–H and O–H groups in total. The average Bonchev–Trinajstić information content (AvgIpc) is 3.33. The highest BCUT2D eigenvalue weighted by Gasteiger charge is 2.38. The van der Waals surface area contributed by atoms with E-state index in [2.05, 4.69) is 12.2 Å². The molecule has 0 radical (unpaired) electrons. The maximum Gasteiger partial charge on any atom is 0.325 e. The summed E-state index contributed by atoms with van der Waals surface area (Å²) < 4.78 is 21.5. The van der Waals surface area contributed by atoms with Gasteiger partial charge in [0.05, 0.1) is 37.7 Å². The van der Waals surface area contributed by atoms with Crippen molar-refractivity contribution in [2.75, 3.05) is 33.0 Å². The highest BCUT2D eigenvalue weighted by Crippen LogP contribution is 2.47. The number of hydrogen-bond donors (Lipinski definition) is 3. The fraction of sp³-hybridized carbons (Fsp3) is 0.867. The number of likely N-dealkylation sites (tertiary alicyclic amines) is 1. The highest BCUT2D eigenvalue weighted by atomic mass is 32.5. The topological polar surface area (TPSA) is 127 Å². The molecule has 0 spiro atoms. The summed E-state index contributed by atoms with van der Waals surface area (Å²) in [5.41, 5.74) is 0. The first-order chi connectivity index (χ1) is 20.2. The van der Waals surface area contributed by atoms with E-state index in [9.17, 15) is 19.6 Å². The Morgan fingerprint density at radius 1 is 1.00 bits per heavy atom. The van der Waals surface area contributed by atoms with Gasteiger partial charge in [-0.3, -0.25) is 9.59 Å². The SMILES string of the molecule is CCCCCCCCCCCCCCCC(=O)N/C=C/OCCOCC(=O)N1CC(OP(O)(=S)OC(C)C)CC1CO. The lowest BCUT2D eigenvalue weighted by Gasteiger charge is -2.23. The number of hydrogen-bond acceptors (Lipinski definition) is 8. The molecule has 0 aromatic heterocycles. The third kappa shape index (κ3) is 20.0. The van der Waals surface area contributed by atoms with Gasteiger partial charge in [0.25, 0.3) is 0 Å². The fourth-order valence-electron chi connectivity index (χ4n) is 4.88. The van der Waals surface area contributed by atoms with Crippen LogP contribution in [0.25, 0.3) is 0 Å². The Hall–Kier alpha value is -1.07. The summed E-state index contributed by atoms with van der Waals surface area (Å²) in [5, 5.41) is 12.4. The number of aliphatic hydroxyl groups is 1. The van der Waals surface area contributed by atoms with Gasteiger partial charge in [0.2, 0.25) is 11.8 Å². The number of carbonyl (C=O) groups excluding carboxylic acids is 2. The molecule has 246 valence electrons. The van der Waals surface area contributed by atoms with E-state index in [-0.39, 0.29) is 50.9 Å². The second-order valence-corrected chi connectivity index (χ2v) is 14.0. The summed E-state index contributed by atoms with van der Waals surface area (Å²) >= 11 is 5.02. The molecule has 3 unspecified atom stereocenters. The van der Waals surface area contributed by atoms with E-state index in [1.807, 2.05) is 0 Å². The van der Waals surface area contributed by atoms with Gasteiger partial charge in [-0.05, 0) is 38.5 Å². The molecule has 0 aromatic rings. The third-order valence-corrected chi connectivity index (χ3v) is 8.79. The van der Waals surface area contributed by atoms with Crippen LogP contribution < -0.4 is 5.32 Å². The molecule has 1 heterocycles. The van der Waals surface area contributed by atoms with Crippen molar-refractivity contribution in [1.82, 2.24) is 10.2 Å². The Morgan fingerprint density at radius 3 is 2.17 bits per heavy atom. The van der Waals surface area contributed by atoms with Crippen molar-refractivity contribution in [3.8, 4) is 0 Å². The van der Waals surface area contributed by atoms with Gasteiger partial charge in [0.15, 0.2) is 0 Å². The zero-order valence-electron chi connectivity index (χ0n) is 26.2. The maximum absolute atomic E-state index is 12.6. The van der Waals surface area contributed by atoms with Gasteiger partial charge in [0.1, 0.15) is 13.2 Å². The molecular weight excluding hydrogens is 579 g/mol. The van der Waals surface area contributed by atoms with E-state index in [4.69, 9.17) is 30.3 Å². The molecule has 1 aliphatic heterocycles. The molecule has 1 fully saturated rings. The van der Waals surface area contributed by atoms with Crippen LogP contribution in [0.3, 0.4) is 0 Å². The lowest BCUT2D eigenvalue weighted by Crippen LogP contribution is -2.40. The molecule has 0 saturated carbocycles. The van der Waals surface area contributed by atoms with Gasteiger partial charge in [-0.2, -0.15) is 0 Å². The molecule has 1 saturated heterocycles. The second kappa shape index (κ2) is 24.3. The van der Waals surface area contributed by atoms with Gasteiger partial charge in [-0.25, -0.2) is 0 Å². The molecule has 10 nitrogen and oxygen atoms in total. The van der Waals surface area contributed by atoms with E-state index < -0.39 is 18.9 Å². The molecular formula is C30H57N2O8PS. The molecule has 0 bridgehead atoms. The number of amides is 2. The number of carbonyl (C=O) groups is 2. The Bertz CT molecular complexity index is 801. The van der Waals surface area contributed by atoms with Gasteiger partial charge in [0, 0.05) is 19.2 Å². The fourth-order valence-corrected chi connectivity index (χ4v) is 6.87. The summed E-state index contributed by atoms with van der Waals surface area (Å²) in [6, 6.07) is -0.442. The number of nitrogens with one attached hydrogen (secondary N) is 1. The van der Waals surface area contributed by atoms with Crippen LogP contribution in [0.1, 0.15) is 117 Å². The smallest absolute Gasteiger partial charge is 0.325 e. The van der Waals surface area contributed by atoms with Crippen LogP contribution in [0.2, 0.25) is 0 Å². The van der Waals surface area contributed by atoms with Gasteiger partial charge >= 0.3 is 6.72 Å². The van der Waals surface area contributed by atoms with Gasteiger partial charge < -0.3 is 38.7 Å². The number of nitrogens with zero attached hydrogens (tertiary/aromatic N) is 1. The van der Waals surface area contributed by atoms with Crippen LogP contribution in [0.4, 0.5) is 0 Å². The predicted octanol–water partition coefficient (Wildman–Crippen LogP) is 5.71. The lowest BCUT2D eigenvalue weighted by molar-refractivity contribution is -0.138. The van der Waals surface area contributed by atoms with Crippen LogP contribution in [0, 0.1) is 0 Å². The Kier molecular flexibility index (Phi) is 22.5. The molecule has 0 aromatic carbocycles. The first kappa shape index (κ1) is 39.0. The largest absolute Gasteiger partial charge is 0.497 e. The van der Waals surface area contributed by atoms with Crippen LogP contribution in [-0.4, -0.2) is 77.9 Å². The Balaban J connectivity index is 2.02. The van der Waals surface area contributed by atoms with E-state index in [1.165, 1.54) is 88.0 Å². The van der Waals surface area contributed by atoms with Crippen LogP contribution in [0.5, 0.6) is 0 Å². The zero-order valence-corrected chi connectivity index (χ0v) is 27.9. The van der Waals surface area contributed by atoms with Gasteiger partial charge in [-0.15, -0.1) is 0 Å². The number of ether oxygens (including phenoxy) is 2. The normalized spacial score (nSPS) is 18.6. The predicted molar refractivity (Wildman–Crippen MR) is 169 cm³/mol. The minimum absolute atomic E-state index is 0.0292.